The van der Waals surface area contributed by atoms with Gasteiger partial charge < -0.3 is 9.84 Å². The maximum atomic E-state index is 12.3. The molecule has 1 aliphatic rings. The van der Waals surface area contributed by atoms with Gasteiger partial charge in [0.15, 0.2) is 0 Å². The molecular weight excluding hydrogens is 282 g/mol. The maximum absolute atomic E-state index is 12.3. The van der Waals surface area contributed by atoms with Crippen molar-refractivity contribution in [3.8, 4) is 5.75 Å². The number of carboxylic acids is 1. The van der Waals surface area contributed by atoms with E-state index in [1.807, 2.05) is 0 Å². The summed E-state index contributed by atoms with van der Waals surface area (Å²) in [6.45, 7) is 0.600. The van der Waals surface area contributed by atoms with Gasteiger partial charge in [0.25, 0.3) is 0 Å². The van der Waals surface area contributed by atoms with E-state index in [1.54, 1.807) is 12.1 Å². The summed E-state index contributed by atoms with van der Waals surface area (Å²) in [6, 6.07) is 4.77. The Kier molecular flexibility index (Phi) is 4.29. The second-order valence-electron chi connectivity index (χ2n) is 4.69. The maximum Gasteiger partial charge on any atom is 0.304 e. The summed E-state index contributed by atoms with van der Waals surface area (Å²) in [4.78, 5) is 10.7. The fourth-order valence-electron chi connectivity index (χ4n) is 2.05. The van der Waals surface area contributed by atoms with Gasteiger partial charge in [-0.1, -0.05) is 0 Å². The number of sulfonamides is 1. The third-order valence-electron chi connectivity index (χ3n) is 3.23. The number of hydrogen-bond donors (Lipinski definition) is 1. The number of carboxylic acid groups (broad SMARTS) is 1. The highest BCUT2D eigenvalue weighted by Gasteiger charge is 2.23. The van der Waals surface area contributed by atoms with Crippen LogP contribution in [-0.4, -0.2) is 44.0 Å². The van der Waals surface area contributed by atoms with Gasteiger partial charge in [0.2, 0.25) is 10.0 Å². The monoisotopic (exact) mass is 299 g/mol. The molecule has 1 N–H and O–H groups in total. The van der Waals surface area contributed by atoms with Gasteiger partial charge in [-0.2, -0.15) is 0 Å². The Labute approximate surface area is 118 Å². The van der Waals surface area contributed by atoms with E-state index in [4.69, 9.17) is 9.84 Å². The average molecular weight is 299 g/mol. The van der Waals surface area contributed by atoms with Crippen molar-refractivity contribution in [1.29, 1.82) is 0 Å². The van der Waals surface area contributed by atoms with Crippen LogP contribution in [0.3, 0.4) is 0 Å². The van der Waals surface area contributed by atoms with E-state index in [0.717, 1.165) is 28.5 Å². The minimum absolute atomic E-state index is 0.0503. The first-order valence-corrected chi connectivity index (χ1v) is 7.79. The van der Waals surface area contributed by atoms with Crippen molar-refractivity contribution in [3.63, 3.8) is 0 Å². The van der Waals surface area contributed by atoms with E-state index in [1.165, 1.54) is 13.1 Å². The number of benzene rings is 1. The van der Waals surface area contributed by atoms with Gasteiger partial charge in [-0.15, -0.1) is 0 Å². The lowest BCUT2D eigenvalue weighted by Gasteiger charge is -2.20. The summed E-state index contributed by atoms with van der Waals surface area (Å²) >= 11 is 0. The molecule has 1 aliphatic heterocycles. The zero-order chi connectivity index (χ0) is 14.8. The smallest absolute Gasteiger partial charge is 0.304 e. The zero-order valence-corrected chi connectivity index (χ0v) is 12.0. The number of carbonyl (C=O) groups is 1. The summed E-state index contributed by atoms with van der Waals surface area (Å²) < 4.78 is 31.2. The molecule has 0 amide bonds. The molecular formula is C13H17NO5S. The van der Waals surface area contributed by atoms with Crippen molar-refractivity contribution in [2.45, 2.75) is 24.2 Å². The zero-order valence-electron chi connectivity index (χ0n) is 11.2. The van der Waals surface area contributed by atoms with Crippen molar-refractivity contribution < 1.29 is 23.1 Å². The molecule has 0 aliphatic carbocycles. The molecule has 110 valence electrons. The first kappa shape index (κ1) is 14.8. The van der Waals surface area contributed by atoms with Gasteiger partial charge in [-0.3, -0.25) is 4.79 Å². The lowest BCUT2D eigenvalue weighted by Crippen LogP contribution is -2.29. The first-order chi connectivity index (χ1) is 9.41. The van der Waals surface area contributed by atoms with Crippen molar-refractivity contribution in [1.82, 2.24) is 4.31 Å². The molecule has 0 unspecified atom stereocenters. The van der Waals surface area contributed by atoms with Crippen molar-refractivity contribution in [2.24, 2.45) is 0 Å². The highest BCUT2D eigenvalue weighted by atomic mass is 32.2. The molecule has 0 radical (unpaired) electrons. The molecule has 7 heteroatoms. The minimum atomic E-state index is -3.65. The molecule has 6 nitrogen and oxygen atoms in total. The van der Waals surface area contributed by atoms with Crippen LogP contribution in [0, 0.1) is 0 Å². The Hall–Kier alpha value is -1.60. The molecule has 2 rings (SSSR count). The van der Waals surface area contributed by atoms with Crippen LogP contribution in [-0.2, 0) is 21.2 Å². The van der Waals surface area contributed by atoms with Crippen LogP contribution in [0.2, 0.25) is 0 Å². The van der Waals surface area contributed by atoms with Crippen LogP contribution in [0.1, 0.15) is 18.4 Å². The molecule has 0 atom stereocenters. The normalized spacial score (nSPS) is 14.7. The highest BCUT2D eigenvalue weighted by molar-refractivity contribution is 7.89. The predicted octanol–water partition coefficient (Wildman–Crippen LogP) is 1.11. The second-order valence-corrected chi connectivity index (χ2v) is 6.74. The second kappa shape index (κ2) is 5.80. The van der Waals surface area contributed by atoms with Crippen LogP contribution in [0.4, 0.5) is 0 Å². The summed E-state index contributed by atoms with van der Waals surface area (Å²) in [5.41, 5.74) is 0.879. The molecule has 0 aromatic heterocycles. The SMILES string of the molecule is CN(CCC(=O)O)S(=O)(=O)c1ccc2c(c1)CCCO2. The molecule has 0 spiro atoms. The van der Waals surface area contributed by atoms with E-state index < -0.39 is 16.0 Å². The van der Waals surface area contributed by atoms with Crippen molar-refractivity contribution in [2.75, 3.05) is 20.2 Å². The van der Waals surface area contributed by atoms with E-state index in [2.05, 4.69) is 0 Å². The van der Waals surface area contributed by atoms with Crippen LogP contribution in [0.25, 0.3) is 0 Å². The number of rotatable bonds is 5. The number of nitrogens with zero attached hydrogens (tertiary/aromatic N) is 1. The molecule has 0 saturated carbocycles. The fraction of sp³-hybridized carbons (Fsp3) is 0.462. The van der Waals surface area contributed by atoms with E-state index in [-0.39, 0.29) is 17.9 Å². The molecule has 20 heavy (non-hydrogen) atoms. The van der Waals surface area contributed by atoms with Crippen molar-refractivity contribution in [3.05, 3.63) is 23.8 Å². The molecule has 1 aromatic rings. The van der Waals surface area contributed by atoms with Crippen molar-refractivity contribution >= 4 is 16.0 Å². The average Bonchev–Trinajstić information content (AvgIpc) is 2.44. The standard InChI is InChI=1S/C13H17NO5S/c1-14(7-6-13(15)16)20(17,18)11-4-5-12-10(9-11)3-2-8-19-12/h4-5,9H,2-3,6-8H2,1H3,(H,15,16). The van der Waals surface area contributed by atoms with Gasteiger partial charge in [0.05, 0.1) is 17.9 Å². The van der Waals surface area contributed by atoms with Crippen LogP contribution < -0.4 is 4.74 Å². The van der Waals surface area contributed by atoms with E-state index >= 15 is 0 Å². The van der Waals surface area contributed by atoms with Gasteiger partial charge >= 0.3 is 5.97 Å². The number of aliphatic carboxylic acids is 1. The Balaban J connectivity index is 2.23. The third-order valence-corrected chi connectivity index (χ3v) is 5.08. The van der Waals surface area contributed by atoms with E-state index in [0.29, 0.717) is 6.61 Å². The van der Waals surface area contributed by atoms with Crippen LogP contribution >= 0.6 is 0 Å². The lowest BCUT2D eigenvalue weighted by atomic mass is 10.1. The number of ether oxygens (including phenoxy) is 1. The Morgan fingerprint density at radius 2 is 2.20 bits per heavy atom. The topological polar surface area (TPSA) is 83.9 Å². The molecule has 1 aromatic carbocycles. The molecule has 1 heterocycles. The summed E-state index contributed by atoms with van der Waals surface area (Å²) in [6.07, 6.45) is 1.44. The van der Waals surface area contributed by atoms with Gasteiger partial charge in [0.1, 0.15) is 5.75 Å². The van der Waals surface area contributed by atoms with Gasteiger partial charge in [0, 0.05) is 13.6 Å². The Morgan fingerprint density at radius 1 is 1.45 bits per heavy atom. The summed E-state index contributed by atoms with van der Waals surface area (Å²) in [7, 11) is -2.27. The first-order valence-electron chi connectivity index (χ1n) is 6.35. The predicted molar refractivity (Wildman–Crippen MR) is 72.3 cm³/mol. The Morgan fingerprint density at radius 3 is 2.90 bits per heavy atom. The number of hydrogen-bond acceptors (Lipinski definition) is 4. The molecule has 0 saturated heterocycles. The van der Waals surface area contributed by atoms with Crippen LogP contribution in [0.15, 0.2) is 23.1 Å². The van der Waals surface area contributed by atoms with Gasteiger partial charge in [-0.05, 0) is 36.6 Å². The summed E-state index contributed by atoms with van der Waals surface area (Å²) in [5.74, 6) is -0.297. The van der Waals surface area contributed by atoms with Gasteiger partial charge in [-0.25, -0.2) is 12.7 Å². The molecule has 0 fully saturated rings. The highest BCUT2D eigenvalue weighted by Crippen LogP contribution is 2.28. The Bertz CT molecular complexity index is 611. The number of aryl methyl sites for hydroxylation is 1. The molecule has 0 bridgehead atoms. The van der Waals surface area contributed by atoms with Crippen LogP contribution in [0.5, 0.6) is 5.75 Å². The number of fused-ring (bicyclic) bond motifs is 1. The lowest BCUT2D eigenvalue weighted by molar-refractivity contribution is -0.137. The summed E-state index contributed by atoms with van der Waals surface area (Å²) in [5, 5.41) is 8.62. The quantitative estimate of drug-likeness (QED) is 0.880. The largest absolute Gasteiger partial charge is 0.493 e. The third kappa shape index (κ3) is 3.10. The van der Waals surface area contributed by atoms with E-state index in [9.17, 15) is 13.2 Å². The fourth-order valence-corrected chi connectivity index (χ4v) is 3.27. The minimum Gasteiger partial charge on any atom is -0.493 e.